The number of ether oxygens (including phenoxy) is 1. The van der Waals surface area contributed by atoms with Crippen molar-refractivity contribution < 1.29 is 14.3 Å². The van der Waals surface area contributed by atoms with Crippen LogP contribution in [-0.4, -0.2) is 29.8 Å². The Bertz CT molecular complexity index is 1120. The first-order valence-corrected chi connectivity index (χ1v) is 11.2. The number of rotatable bonds is 10. The fourth-order valence-electron chi connectivity index (χ4n) is 3.79. The fraction of sp³-hybridized carbons (Fsp3) is 0.346. The quantitative estimate of drug-likeness (QED) is 0.462. The van der Waals surface area contributed by atoms with Crippen LogP contribution in [0.15, 0.2) is 48.7 Å². The number of fused-ring (bicyclic) bond motifs is 1. The lowest BCUT2D eigenvalue weighted by atomic mass is 10.00. The van der Waals surface area contributed by atoms with Gasteiger partial charge in [-0.2, -0.15) is 0 Å². The Morgan fingerprint density at radius 2 is 1.91 bits per heavy atom. The van der Waals surface area contributed by atoms with Crippen molar-refractivity contribution >= 4 is 34.0 Å². The number of nitrogens with one attached hydrogen (secondary N) is 2. The molecule has 0 spiro atoms. The van der Waals surface area contributed by atoms with Crippen molar-refractivity contribution in [3.05, 3.63) is 59.8 Å². The summed E-state index contributed by atoms with van der Waals surface area (Å²) in [6, 6.07) is 13.9. The largest absolute Gasteiger partial charge is 0.496 e. The minimum absolute atomic E-state index is 0.129. The zero-order chi connectivity index (χ0) is 22.5. The lowest BCUT2D eigenvalue weighted by Crippen LogP contribution is -2.26. The van der Waals surface area contributed by atoms with Gasteiger partial charge in [-0.1, -0.05) is 25.1 Å². The summed E-state index contributed by atoms with van der Waals surface area (Å²) in [5.74, 6) is 0.818. The van der Waals surface area contributed by atoms with Crippen molar-refractivity contribution in [3.63, 3.8) is 0 Å². The average Bonchev–Trinajstić information content (AvgIpc) is 3.62. The molecule has 0 radical (unpaired) electrons. The average molecular weight is 432 g/mol. The van der Waals surface area contributed by atoms with Crippen molar-refractivity contribution in [1.29, 1.82) is 0 Å². The standard InChI is InChI=1S/C26H29N3O3/c1-3-7-20(30)13-10-17-14-21-23(15-24(17)32-2)27-16-22(26(31)29-19-11-12-19)25(21)28-18-8-5-4-6-9-18/h4-6,8-9,14-16,19H,3,7,10-13H2,1-2H3,(H,27,28)(H,29,31). The lowest BCUT2D eigenvalue weighted by molar-refractivity contribution is -0.119. The van der Waals surface area contributed by atoms with Crippen LogP contribution in [0.5, 0.6) is 5.75 Å². The topological polar surface area (TPSA) is 80.3 Å². The predicted molar refractivity (Wildman–Crippen MR) is 127 cm³/mol. The summed E-state index contributed by atoms with van der Waals surface area (Å²) in [6.07, 6.45) is 6.14. The maximum absolute atomic E-state index is 13.0. The molecule has 32 heavy (non-hydrogen) atoms. The molecule has 4 rings (SSSR count). The zero-order valence-corrected chi connectivity index (χ0v) is 18.6. The van der Waals surface area contributed by atoms with E-state index in [0.29, 0.717) is 36.3 Å². The first kappa shape index (κ1) is 21.8. The molecule has 1 aromatic heterocycles. The Balaban J connectivity index is 1.78. The second-order valence-electron chi connectivity index (χ2n) is 8.26. The second kappa shape index (κ2) is 9.81. The number of aryl methyl sites for hydroxylation is 1. The van der Waals surface area contributed by atoms with Crippen LogP contribution < -0.4 is 15.4 Å². The van der Waals surface area contributed by atoms with Crippen molar-refractivity contribution in [3.8, 4) is 5.75 Å². The van der Waals surface area contributed by atoms with E-state index in [9.17, 15) is 9.59 Å². The van der Waals surface area contributed by atoms with E-state index in [-0.39, 0.29) is 17.7 Å². The summed E-state index contributed by atoms with van der Waals surface area (Å²) in [5.41, 5.74) is 3.76. The van der Waals surface area contributed by atoms with Crippen molar-refractivity contribution in [2.75, 3.05) is 12.4 Å². The molecule has 6 nitrogen and oxygen atoms in total. The molecule has 0 atom stereocenters. The van der Waals surface area contributed by atoms with Gasteiger partial charge in [0, 0.05) is 42.2 Å². The molecular weight excluding hydrogens is 402 g/mol. The summed E-state index contributed by atoms with van der Waals surface area (Å²) in [7, 11) is 1.62. The number of carbonyl (C=O) groups is 2. The summed E-state index contributed by atoms with van der Waals surface area (Å²) in [6.45, 7) is 2.01. The maximum Gasteiger partial charge on any atom is 0.255 e. The number of hydrogen-bond donors (Lipinski definition) is 2. The number of hydrogen-bond acceptors (Lipinski definition) is 5. The Morgan fingerprint density at radius 3 is 2.59 bits per heavy atom. The van der Waals surface area contributed by atoms with Crippen LogP contribution >= 0.6 is 0 Å². The first-order chi connectivity index (χ1) is 15.6. The summed E-state index contributed by atoms with van der Waals surface area (Å²) < 4.78 is 5.59. The molecule has 166 valence electrons. The van der Waals surface area contributed by atoms with Crippen LogP contribution in [0, 0.1) is 0 Å². The number of Topliss-reactive ketones (excluding diaryl/α,β-unsaturated/α-hetero) is 1. The second-order valence-corrected chi connectivity index (χ2v) is 8.26. The molecule has 2 N–H and O–H groups in total. The van der Waals surface area contributed by atoms with Gasteiger partial charge in [0.1, 0.15) is 11.5 Å². The third-order valence-electron chi connectivity index (χ3n) is 5.67. The van der Waals surface area contributed by atoms with Crippen LogP contribution in [0.2, 0.25) is 0 Å². The van der Waals surface area contributed by atoms with E-state index in [1.54, 1.807) is 13.3 Å². The van der Waals surface area contributed by atoms with Crippen molar-refractivity contribution in [2.45, 2.75) is 51.5 Å². The van der Waals surface area contributed by atoms with Crippen LogP contribution in [0.1, 0.15) is 54.9 Å². The number of nitrogens with zero attached hydrogens (tertiary/aromatic N) is 1. The third kappa shape index (κ3) is 5.07. The van der Waals surface area contributed by atoms with Gasteiger partial charge in [-0.15, -0.1) is 0 Å². The Hall–Kier alpha value is -3.41. The molecule has 2 aromatic carbocycles. The number of amides is 1. The van der Waals surface area contributed by atoms with E-state index in [1.807, 2.05) is 49.4 Å². The number of para-hydroxylation sites is 1. The minimum atomic E-state index is -0.129. The van der Waals surface area contributed by atoms with E-state index < -0.39 is 0 Å². The lowest BCUT2D eigenvalue weighted by Gasteiger charge is -2.17. The maximum atomic E-state index is 13.0. The van der Waals surface area contributed by atoms with Gasteiger partial charge in [-0.05, 0) is 49.4 Å². The number of anilines is 2. The Labute approximate surface area is 188 Å². The van der Waals surface area contributed by atoms with Gasteiger partial charge in [-0.25, -0.2) is 0 Å². The number of carbonyl (C=O) groups excluding carboxylic acids is 2. The summed E-state index contributed by atoms with van der Waals surface area (Å²) >= 11 is 0. The molecule has 1 aliphatic rings. The highest BCUT2D eigenvalue weighted by Crippen LogP contribution is 2.34. The van der Waals surface area contributed by atoms with E-state index in [1.165, 1.54) is 0 Å². The minimum Gasteiger partial charge on any atom is -0.496 e. The van der Waals surface area contributed by atoms with Gasteiger partial charge >= 0.3 is 0 Å². The van der Waals surface area contributed by atoms with Crippen LogP contribution in [-0.2, 0) is 11.2 Å². The molecule has 3 aromatic rings. The van der Waals surface area contributed by atoms with Crippen LogP contribution in [0.25, 0.3) is 10.9 Å². The molecule has 1 saturated carbocycles. The summed E-state index contributed by atoms with van der Waals surface area (Å²) in [4.78, 5) is 29.7. The highest BCUT2D eigenvalue weighted by Gasteiger charge is 2.26. The van der Waals surface area contributed by atoms with Gasteiger partial charge in [0.25, 0.3) is 5.91 Å². The molecule has 1 aliphatic carbocycles. The molecule has 1 amide bonds. The van der Waals surface area contributed by atoms with Gasteiger partial charge in [0.15, 0.2) is 0 Å². The highest BCUT2D eigenvalue weighted by molar-refractivity contribution is 6.08. The van der Waals surface area contributed by atoms with Crippen LogP contribution in [0.4, 0.5) is 11.4 Å². The van der Waals surface area contributed by atoms with Gasteiger partial charge in [0.05, 0.1) is 23.9 Å². The smallest absolute Gasteiger partial charge is 0.255 e. The van der Waals surface area contributed by atoms with E-state index in [2.05, 4.69) is 15.6 Å². The molecule has 0 aliphatic heterocycles. The monoisotopic (exact) mass is 431 g/mol. The Kier molecular flexibility index (Phi) is 6.69. The molecular formula is C26H29N3O3. The van der Waals surface area contributed by atoms with Gasteiger partial charge < -0.3 is 15.4 Å². The predicted octanol–water partition coefficient (Wildman–Crippen LogP) is 5.18. The molecule has 0 saturated heterocycles. The van der Waals surface area contributed by atoms with Gasteiger partial charge in [-0.3, -0.25) is 14.6 Å². The SMILES string of the molecule is CCCC(=O)CCc1cc2c(Nc3ccccc3)c(C(=O)NC3CC3)cnc2cc1OC. The van der Waals surface area contributed by atoms with E-state index in [4.69, 9.17) is 4.74 Å². The molecule has 0 unspecified atom stereocenters. The Morgan fingerprint density at radius 1 is 1.12 bits per heavy atom. The fourth-order valence-corrected chi connectivity index (χ4v) is 3.79. The third-order valence-corrected chi connectivity index (χ3v) is 5.67. The molecule has 6 heteroatoms. The number of ketones is 1. The first-order valence-electron chi connectivity index (χ1n) is 11.2. The normalized spacial score (nSPS) is 13.1. The molecule has 1 fully saturated rings. The number of methoxy groups -OCH3 is 1. The van der Waals surface area contributed by atoms with E-state index >= 15 is 0 Å². The molecule has 1 heterocycles. The highest BCUT2D eigenvalue weighted by atomic mass is 16.5. The van der Waals surface area contributed by atoms with Crippen molar-refractivity contribution in [1.82, 2.24) is 10.3 Å². The molecule has 0 bridgehead atoms. The number of aromatic nitrogens is 1. The number of benzene rings is 2. The zero-order valence-electron chi connectivity index (χ0n) is 18.6. The number of pyridine rings is 1. The van der Waals surface area contributed by atoms with Crippen LogP contribution in [0.3, 0.4) is 0 Å². The summed E-state index contributed by atoms with van der Waals surface area (Å²) in [5, 5.41) is 7.33. The van der Waals surface area contributed by atoms with E-state index in [0.717, 1.165) is 41.4 Å². The van der Waals surface area contributed by atoms with Crippen molar-refractivity contribution in [2.24, 2.45) is 0 Å². The van der Waals surface area contributed by atoms with Gasteiger partial charge in [0.2, 0.25) is 0 Å².